The Kier molecular flexibility index (Phi) is 4.94. The summed E-state index contributed by atoms with van der Waals surface area (Å²) >= 11 is 0. The topological polar surface area (TPSA) is 46.8 Å². The first-order valence-electron chi connectivity index (χ1n) is 8.81. The van der Waals surface area contributed by atoms with Crippen molar-refractivity contribution in [2.75, 3.05) is 6.54 Å². The number of pyridine rings is 1. The van der Waals surface area contributed by atoms with Crippen molar-refractivity contribution in [3.63, 3.8) is 0 Å². The first-order chi connectivity index (χ1) is 12.4. The van der Waals surface area contributed by atoms with Gasteiger partial charge in [0, 0.05) is 12.7 Å². The van der Waals surface area contributed by atoms with Crippen molar-refractivity contribution in [3.8, 4) is 5.88 Å². The molecule has 1 atom stereocenters. The Balaban J connectivity index is 1.77. The molecule has 0 spiro atoms. The number of aromatic nitrogens is 1. The van der Waals surface area contributed by atoms with Crippen molar-refractivity contribution >= 4 is 11.6 Å². The normalized spacial score (nSPS) is 17.0. The van der Waals surface area contributed by atoms with Crippen LogP contribution in [0, 0.1) is 13.5 Å². The number of hydrogen-bond donors (Lipinski definition) is 0. The molecule has 2 aromatic rings. The molecule has 1 aliphatic rings. The van der Waals surface area contributed by atoms with E-state index in [1.165, 1.54) is 11.8 Å². The summed E-state index contributed by atoms with van der Waals surface area (Å²) in [6, 6.07) is 11.7. The van der Waals surface area contributed by atoms with Crippen LogP contribution in [0.25, 0.3) is 4.85 Å². The SMILES string of the molecule is [C-]#[N+]c1ccc(OC(C)(C)C(=O)N2CCCC2c2ccc(C)cc2)nc1. The van der Waals surface area contributed by atoms with Crippen LogP contribution in [0.2, 0.25) is 0 Å². The van der Waals surface area contributed by atoms with E-state index in [0.29, 0.717) is 11.6 Å². The quantitative estimate of drug-likeness (QED) is 0.766. The molecule has 1 aromatic heterocycles. The fraction of sp³-hybridized carbons (Fsp3) is 0.381. The molecule has 3 rings (SSSR count). The van der Waals surface area contributed by atoms with E-state index in [1.807, 2.05) is 4.90 Å². The molecule has 1 saturated heterocycles. The molecular weight excluding hydrogens is 326 g/mol. The van der Waals surface area contributed by atoms with Crippen molar-refractivity contribution in [2.24, 2.45) is 0 Å². The Morgan fingerprint density at radius 2 is 2.00 bits per heavy atom. The van der Waals surface area contributed by atoms with Gasteiger partial charge in [-0.3, -0.25) is 4.79 Å². The molecule has 0 radical (unpaired) electrons. The summed E-state index contributed by atoms with van der Waals surface area (Å²) in [4.78, 5) is 22.5. The van der Waals surface area contributed by atoms with Crippen LogP contribution in [-0.2, 0) is 4.79 Å². The lowest BCUT2D eigenvalue weighted by Gasteiger charge is -2.33. The molecule has 0 aliphatic carbocycles. The molecule has 1 unspecified atom stereocenters. The molecule has 1 aromatic carbocycles. The minimum Gasteiger partial charge on any atom is -0.462 e. The van der Waals surface area contributed by atoms with Gasteiger partial charge in [0.15, 0.2) is 5.60 Å². The van der Waals surface area contributed by atoms with Gasteiger partial charge in [0.05, 0.1) is 12.6 Å². The molecule has 26 heavy (non-hydrogen) atoms. The Bertz CT molecular complexity index is 820. The molecule has 1 fully saturated rings. The van der Waals surface area contributed by atoms with Crippen molar-refractivity contribution < 1.29 is 9.53 Å². The number of ether oxygens (including phenoxy) is 1. The van der Waals surface area contributed by atoms with E-state index in [0.717, 1.165) is 24.9 Å². The molecule has 1 aliphatic heterocycles. The Labute approximate surface area is 154 Å². The van der Waals surface area contributed by atoms with Gasteiger partial charge in [-0.2, -0.15) is 0 Å². The third-order valence-electron chi connectivity index (χ3n) is 4.70. The van der Waals surface area contributed by atoms with Crippen LogP contribution in [0.15, 0.2) is 42.6 Å². The maximum Gasteiger partial charge on any atom is 0.266 e. The molecule has 5 nitrogen and oxygen atoms in total. The number of nitrogens with zero attached hydrogens (tertiary/aromatic N) is 3. The molecule has 1 amide bonds. The number of carbonyl (C=O) groups excluding carboxylic acids is 1. The van der Waals surface area contributed by atoms with E-state index in [2.05, 4.69) is 41.0 Å². The van der Waals surface area contributed by atoms with E-state index >= 15 is 0 Å². The maximum absolute atomic E-state index is 13.2. The van der Waals surface area contributed by atoms with Gasteiger partial charge in [0.1, 0.15) is 0 Å². The van der Waals surface area contributed by atoms with Crippen LogP contribution in [0.5, 0.6) is 5.88 Å². The summed E-state index contributed by atoms with van der Waals surface area (Å²) in [7, 11) is 0. The first kappa shape index (κ1) is 17.9. The first-order valence-corrected chi connectivity index (χ1v) is 8.81. The van der Waals surface area contributed by atoms with E-state index in [9.17, 15) is 4.79 Å². The van der Waals surface area contributed by atoms with Gasteiger partial charge in [-0.05, 0) is 51.3 Å². The number of benzene rings is 1. The van der Waals surface area contributed by atoms with Crippen molar-refractivity contribution in [3.05, 3.63) is 65.1 Å². The van der Waals surface area contributed by atoms with E-state index < -0.39 is 5.60 Å². The van der Waals surface area contributed by atoms with E-state index in [1.54, 1.807) is 26.0 Å². The minimum absolute atomic E-state index is 0.0448. The van der Waals surface area contributed by atoms with Crippen LogP contribution in [0.3, 0.4) is 0 Å². The Morgan fingerprint density at radius 3 is 2.62 bits per heavy atom. The third-order valence-corrected chi connectivity index (χ3v) is 4.70. The average molecular weight is 349 g/mol. The fourth-order valence-corrected chi connectivity index (χ4v) is 3.29. The second kappa shape index (κ2) is 7.17. The molecule has 0 N–H and O–H groups in total. The number of hydrogen-bond acceptors (Lipinski definition) is 3. The lowest BCUT2D eigenvalue weighted by atomic mass is 10.0. The standard InChI is InChI=1S/C21H23N3O2/c1-15-7-9-16(10-8-15)18-6-5-13-24(18)20(25)21(2,3)26-19-12-11-17(22-4)14-23-19/h7-12,14,18H,5-6,13H2,1-3H3. The number of amides is 1. The average Bonchev–Trinajstić information content (AvgIpc) is 3.11. The van der Waals surface area contributed by atoms with E-state index in [4.69, 9.17) is 11.3 Å². The second-order valence-electron chi connectivity index (χ2n) is 7.15. The molecular formula is C21H23N3O2. The van der Waals surface area contributed by atoms with Crippen molar-refractivity contribution in [2.45, 2.75) is 45.3 Å². The smallest absolute Gasteiger partial charge is 0.266 e. The molecule has 5 heteroatoms. The van der Waals surface area contributed by atoms with Gasteiger partial charge in [-0.1, -0.05) is 29.8 Å². The highest BCUT2D eigenvalue weighted by atomic mass is 16.5. The zero-order chi connectivity index (χ0) is 18.7. The summed E-state index contributed by atoms with van der Waals surface area (Å²) < 4.78 is 5.87. The molecule has 0 saturated carbocycles. The van der Waals surface area contributed by atoms with Gasteiger partial charge in [0.25, 0.3) is 5.91 Å². The number of carbonyl (C=O) groups is 1. The molecule has 134 valence electrons. The van der Waals surface area contributed by atoms with Crippen LogP contribution < -0.4 is 4.74 Å². The summed E-state index contributed by atoms with van der Waals surface area (Å²) in [5, 5.41) is 0. The summed E-state index contributed by atoms with van der Waals surface area (Å²) in [6.07, 6.45) is 3.40. The predicted molar refractivity (Wildman–Crippen MR) is 100 cm³/mol. The predicted octanol–water partition coefficient (Wildman–Crippen LogP) is 4.46. The molecule has 0 bridgehead atoms. The van der Waals surface area contributed by atoms with Crippen molar-refractivity contribution in [1.82, 2.24) is 9.88 Å². The summed E-state index contributed by atoms with van der Waals surface area (Å²) in [5.41, 5.74) is 1.79. The summed E-state index contributed by atoms with van der Waals surface area (Å²) in [6.45, 7) is 13.3. The van der Waals surface area contributed by atoms with Crippen LogP contribution in [-0.4, -0.2) is 27.9 Å². The van der Waals surface area contributed by atoms with Gasteiger partial charge in [0.2, 0.25) is 11.6 Å². The Morgan fingerprint density at radius 1 is 1.27 bits per heavy atom. The monoisotopic (exact) mass is 349 g/mol. The summed E-state index contributed by atoms with van der Waals surface area (Å²) in [5.74, 6) is 0.304. The second-order valence-corrected chi connectivity index (χ2v) is 7.15. The zero-order valence-corrected chi connectivity index (χ0v) is 15.4. The van der Waals surface area contributed by atoms with Crippen molar-refractivity contribution in [1.29, 1.82) is 0 Å². The highest BCUT2D eigenvalue weighted by molar-refractivity contribution is 5.85. The lowest BCUT2D eigenvalue weighted by Crippen LogP contribution is -2.48. The van der Waals surface area contributed by atoms with E-state index in [-0.39, 0.29) is 11.9 Å². The zero-order valence-electron chi connectivity index (χ0n) is 15.4. The van der Waals surface area contributed by atoms with Crippen LogP contribution >= 0.6 is 0 Å². The number of aryl methyl sites for hydroxylation is 1. The van der Waals surface area contributed by atoms with Gasteiger partial charge in [-0.15, -0.1) is 0 Å². The van der Waals surface area contributed by atoms with Gasteiger partial charge < -0.3 is 9.64 Å². The third kappa shape index (κ3) is 3.70. The fourth-order valence-electron chi connectivity index (χ4n) is 3.29. The molecule has 2 heterocycles. The minimum atomic E-state index is -1.03. The largest absolute Gasteiger partial charge is 0.462 e. The Hall–Kier alpha value is -2.87. The maximum atomic E-state index is 13.2. The number of rotatable bonds is 4. The number of likely N-dealkylation sites (tertiary alicyclic amines) is 1. The van der Waals surface area contributed by atoms with Gasteiger partial charge >= 0.3 is 0 Å². The highest BCUT2D eigenvalue weighted by Crippen LogP contribution is 2.34. The van der Waals surface area contributed by atoms with Crippen LogP contribution in [0.4, 0.5) is 5.69 Å². The highest BCUT2D eigenvalue weighted by Gasteiger charge is 2.40. The van der Waals surface area contributed by atoms with Gasteiger partial charge in [-0.25, -0.2) is 9.83 Å². The lowest BCUT2D eigenvalue weighted by molar-refractivity contribution is -0.146. The van der Waals surface area contributed by atoms with Crippen LogP contribution in [0.1, 0.15) is 43.9 Å².